The second-order valence-corrected chi connectivity index (χ2v) is 20.6. The molecule has 0 spiro atoms. The molecule has 282 valence electrons. The van der Waals surface area contributed by atoms with Gasteiger partial charge in [0.05, 0.1) is 31.5 Å². The second kappa shape index (κ2) is 25.7. The van der Waals surface area contributed by atoms with Crippen LogP contribution >= 0.6 is 0 Å². The molecule has 1 rings (SSSR count). The number of nitrogens with one attached hydrogen (secondary N) is 1. The highest BCUT2D eigenvalue weighted by Crippen LogP contribution is 2.38. The molecule has 1 heterocycles. The number of allylic oxidation sites excluding steroid dienone is 1. The zero-order chi connectivity index (χ0) is 35.8. The first-order chi connectivity index (χ1) is 22.9. The fourth-order valence-corrected chi connectivity index (χ4v) is 7.06. The zero-order valence-corrected chi connectivity index (χ0v) is 33.8. The highest BCUT2D eigenvalue weighted by Gasteiger charge is 2.47. The van der Waals surface area contributed by atoms with Gasteiger partial charge in [0, 0.05) is 18.9 Å². The van der Waals surface area contributed by atoms with Gasteiger partial charge in [0.15, 0.2) is 8.32 Å². The standard InChI is InChI=1S/C40H77NO6Si/c1-10-13-15-17-19-21-22-24-26-28-34(42)31-36(43)41-37-38(44-30-27-25-23-20-18-16-14-11-2)33(4)35(47-39(37)45-29-12-3)32-46-48(8,9)40(5,6)7/h12,29,33,35,37-39H,10-11,13-28,30-32H2,1-9H3,(H,41,43)/b29-12-/t33?,35-,37-,38+,39+/m1/s1. The van der Waals surface area contributed by atoms with Crippen molar-refractivity contribution < 1.29 is 28.2 Å². The van der Waals surface area contributed by atoms with Gasteiger partial charge in [0.2, 0.25) is 12.2 Å². The average molecular weight is 696 g/mol. The minimum absolute atomic E-state index is 0.0109. The van der Waals surface area contributed by atoms with Crippen LogP contribution in [0.4, 0.5) is 0 Å². The van der Waals surface area contributed by atoms with Crippen LogP contribution in [0.3, 0.4) is 0 Å². The van der Waals surface area contributed by atoms with Crippen molar-refractivity contribution in [3.8, 4) is 0 Å². The maximum Gasteiger partial charge on any atom is 0.227 e. The lowest BCUT2D eigenvalue weighted by Gasteiger charge is -2.46. The first kappa shape index (κ1) is 44.8. The van der Waals surface area contributed by atoms with E-state index in [4.69, 9.17) is 18.6 Å². The number of ketones is 1. The van der Waals surface area contributed by atoms with E-state index >= 15 is 0 Å². The average Bonchev–Trinajstić information content (AvgIpc) is 3.02. The van der Waals surface area contributed by atoms with Gasteiger partial charge >= 0.3 is 0 Å². The Morgan fingerprint density at radius 1 is 0.812 bits per heavy atom. The second-order valence-electron chi connectivity index (χ2n) is 15.8. The lowest BCUT2D eigenvalue weighted by molar-refractivity contribution is -0.244. The van der Waals surface area contributed by atoms with Crippen LogP contribution in [-0.2, 0) is 28.2 Å². The van der Waals surface area contributed by atoms with Crippen LogP contribution < -0.4 is 5.32 Å². The highest BCUT2D eigenvalue weighted by molar-refractivity contribution is 6.74. The first-order valence-electron chi connectivity index (χ1n) is 19.9. The van der Waals surface area contributed by atoms with Crippen molar-refractivity contribution in [1.82, 2.24) is 5.32 Å². The van der Waals surface area contributed by atoms with Gasteiger partial charge in [-0.15, -0.1) is 0 Å². The molecular weight excluding hydrogens is 619 g/mol. The summed E-state index contributed by atoms with van der Waals surface area (Å²) in [4.78, 5) is 26.1. The number of carbonyl (C=O) groups excluding carboxylic acids is 2. The monoisotopic (exact) mass is 696 g/mol. The molecule has 1 amide bonds. The highest BCUT2D eigenvalue weighted by atomic mass is 28.4. The van der Waals surface area contributed by atoms with Crippen LogP contribution in [0.2, 0.25) is 18.1 Å². The van der Waals surface area contributed by atoms with E-state index in [1.54, 1.807) is 6.26 Å². The molecule has 0 aliphatic carbocycles. The number of carbonyl (C=O) groups is 2. The predicted octanol–water partition coefficient (Wildman–Crippen LogP) is 10.8. The Labute approximate surface area is 297 Å². The minimum Gasteiger partial charge on any atom is -0.471 e. The maximum absolute atomic E-state index is 13.3. The molecule has 8 heteroatoms. The normalized spacial score (nSPS) is 21.9. The molecule has 0 bridgehead atoms. The van der Waals surface area contributed by atoms with Gasteiger partial charge in [-0.1, -0.05) is 144 Å². The number of rotatable bonds is 28. The van der Waals surface area contributed by atoms with Crippen molar-refractivity contribution in [3.63, 3.8) is 0 Å². The van der Waals surface area contributed by atoms with Crippen LogP contribution in [0.1, 0.15) is 170 Å². The Kier molecular flexibility index (Phi) is 24.0. The molecule has 0 saturated carbocycles. The quantitative estimate of drug-likeness (QED) is 0.0380. The molecule has 1 N–H and O–H groups in total. The number of unbranched alkanes of at least 4 members (excludes halogenated alkanes) is 15. The summed E-state index contributed by atoms with van der Waals surface area (Å²) < 4.78 is 25.8. The van der Waals surface area contributed by atoms with E-state index in [-0.39, 0.29) is 41.3 Å². The third kappa shape index (κ3) is 18.7. The smallest absolute Gasteiger partial charge is 0.227 e. The molecule has 0 aromatic rings. The van der Waals surface area contributed by atoms with Crippen molar-refractivity contribution in [1.29, 1.82) is 0 Å². The number of hydrogen-bond donors (Lipinski definition) is 1. The molecule has 0 radical (unpaired) electrons. The number of ether oxygens (including phenoxy) is 3. The van der Waals surface area contributed by atoms with Crippen molar-refractivity contribution in [3.05, 3.63) is 12.3 Å². The van der Waals surface area contributed by atoms with E-state index in [0.29, 0.717) is 19.6 Å². The summed E-state index contributed by atoms with van der Waals surface area (Å²) in [6.07, 6.45) is 23.0. The Bertz CT molecular complexity index is 872. The van der Waals surface area contributed by atoms with Gasteiger partial charge in [-0.05, 0) is 37.9 Å². The zero-order valence-electron chi connectivity index (χ0n) is 32.8. The van der Waals surface area contributed by atoms with Crippen LogP contribution in [-0.4, -0.2) is 57.8 Å². The van der Waals surface area contributed by atoms with Gasteiger partial charge in [-0.25, -0.2) is 0 Å². The van der Waals surface area contributed by atoms with E-state index in [0.717, 1.165) is 32.1 Å². The largest absolute Gasteiger partial charge is 0.471 e. The molecule has 1 saturated heterocycles. The van der Waals surface area contributed by atoms with Crippen LogP contribution in [0.5, 0.6) is 0 Å². The minimum atomic E-state index is -2.01. The molecular formula is C40H77NO6Si. The van der Waals surface area contributed by atoms with Gasteiger partial charge in [0.25, 0.3) is 0 Å². The number of hydrogen-bond acceptors (Lipinski definition) is 6. The Morgan fingerprint density at radius 3 is 1.85 bits per heavy atom. The molecule has 1 aliphatic rings. The summed E-state index contributed by atoms with van der Waals surface area (Å²) in [6, 6.07) is -0.539. The van der Waals surface area contributed by atoms with Crippen LogP contribution in [0, 0.1) is 5.92 Å². The van der Waals surface area contributed by atoms with Crippen molar-refractivity contribution >= 4 is 20.0 Å². The van der Waals surface area contributed by atoms with E-state index in [9.17, 15) is 9.59 Å². The fourth-order valence-electron chi connectivity index (χ4n) is 6.04. The Hall–Kier alpha value is -1.22. The topological polar surface area (TPSA) is 83.1 Å². The van der Waals surface area contributed by atoms with Crippen molar-refractivity contribution in [2.24, 2.45) is 5.92 Å². The molecule has 48 heavy (non-hydrogen) atoms. The van der Waals surface area contributed by atoms with Gasteiger partial charge < -0.3 is 24.0 Å². The van der Waals surface area contributed by atoms with Crippen molar-refractivity contribution in [2.75, 3.05) is 13.2 Å². The van der Waals surface area contributed by atoms with Gasteiger partial charge in [0.1, 0.15) is 11.8 Å². The fraction of sp³-hybridized carbons (Fsp3) is 0.900. The predicted molar refractivity (Wildman–Crippen MR) is 203 cm³/mol. The van der Waals surface area contributed by atoms with E-state index in [1.165, 1.54) is 77.0 Å². The summed E-state index contributed by atoms with van der Waals surface area (Å²) >= 11 is 0. The maximum atomic E-state index is 13.3. The summed E-state index contributed by atoms with van der Waals surface area (Å²) in [5, 5.41) is 3.20. The molecule has 1 unspecified atom stereocenters. The summed E-state index contributed by atoms with van der Waals surface area (Å²) in [6.45, 7) is 20.8. The van der Waals surface area contributed by atoms with Gasteiger partial charge in [-0.3, -0.25) is 9.59 Å². The Balaban J connectivity index is 2.85. The summed E-state index contributed by atoms with van der Waals surface area (Å²) in [5.74, 6) is -0.345. The SMILES string of the molecule is C/C=C\O[C@H]1O[C@H](CO[Si](C)(C)C(C)(C)C)C(C)[C@H](OCCCCCCCCCC)[C@H]1NC(=O)CC(=O)CCCCCCCCCCC. The van der Waals surface area contributed by atoms with E-state index in [1.807, 2.05) is 13.0 Å². The molecule has 0 aromatic heterocycles. The third-order valence-corrected chi connectivity index (χ3v) is 14.9. The van der Waals surface area contributed by atoms with Crippen LogP contribution in [0.15, 0.2) is 12.3 Å². The number of amides is 1. The first-order valence-corrected chi connectivity index (χ1v) is 22.8. The molecule has 1 fully saturated rings. The van der Waals surface area contributed by atoms with E-state index in [2.05, 4.69) is 60.0 Å². The van der Waals surface area contributed by atoms with E-state index < -0.39 is 20.6 Å². The lowest BCUT2D eigenvalue weighted by Crippen LogP contribution is -2.63. The molecule has 7 nitrogen and oxygen atoms in total. The molecule has 5 atom stereocenters. The summed E-state index contributed by atoms with van der Waals surface area (Å²) in [5.41, 5.74) is 0. The van der Waals surface area contributed by atoms with Gasteiger partial charge in [-0.2, -0.15) is 0 Å². The van der Waals surface area contributed by atoms with Crippen LogP contribution in [0.25, 0.3) is 0 Å². The number of Topliss-reactive ketones (excluding diaryl/α,β-unsaturated/α-hetero) is 1. The lowest BCUT2D eigenvalue weighted by atomic mass is 9.89. The summed E-state index contributed by atoms with van der Waals surface area (Å²) in [7, 11) is -2.01. The van der Waals surface area contributed by atoms with Crippen molar-refractivity contribution in [2.45, 2.75) is 213 Å². The molecule has 1 aliphatic heterocycles. The third-order valence-electron chi connectivity index (χ3n) is 10.4. The molecule has 0 aromatic carbocycles. The Morgan fingerprint density at radius 2 is 1.33 bits per heavy atom.